The first kappa shape index (κ1) is 12.2. The molecule has 1 rings (SSSR count). The molecular formula is C9H20FNS. The molecule has 0 spiro atoms. The lowest BCUT2D eigenvalue weighted by atomic mass is 10.1. The predicted octanol–water partition coefficient (Wildman–Crippen LogP) is 2.72. The Kier molecular flexibility index (Phi) is 5.93. The molecule has 1 saturated heterocycles. The summed E-state index contributed by atoms with van der Waals surface area (Å²) in [4.78, 5) is 2.24. The van der Waals surface area contributed by atoms with E-state index in [1.807, 2.05) is 13.8 Å². The average molecular weight is 193 g/mol. The SMILES string of the molecule is CC.CCN1CCC(F)(S)CC1. The molecule has 1 nitrogen and oxygen atoms in total. The van der Waals surface area contributed by atoms with Crippen LogP contribution in [-0.2, 0) is 0 Å². The monoisotopic (exact) mass is 193 g/mol. The molecule has 0 aromatic rings. The number of hydrogen-bond donors (Lipinski definition) is 1. The fraction of sp³-hybridized carbons (Fsp3) is 1.00. The Morgan fingerprint density at radius 1 is 1.33 bits per heavy atom. The minimum atomic E-state index is -1.19. The molecule has 0 amide bonds. The molecule has 74 valence electrons. The van der Waals surface area contributed by atoms with Gasteiger partial charge in [0.25, 0.3) is 0 Å². The van der Waals surface area contributed by atoms with Gasteiger partial charge in [-0.2, -0.15) is 0 Å². The molecule has 1 fully saturated rings. The molecule has 0 bridgehead atoms. The van der Waals surface area contributed by atoms with Gasteiger partial charge in [0.2, 0.25) is 0 Å². The Morgan fingerprint density at radius 2 is 1.75 bits per heavy atom. The minimum absolute atomic E-state index is 0.573. The Morgan fingerprint density at radius 3 is 2.08 bits per heavy atom. The van der Waals surface area contributed by atoms with Crippen LogP contribution in [0.5, 0.6) is 0 Å². The van der Waals surface area contributed by atoms with Gasteiger partial charge in [-0.05, 0) is 6.54 Å². The molecule has 0 aliphatic carbocycles. The largest absolute Gasteiger partial charge is 0.303 e. The summed E-state index contributed by atoms with van der Waals surface area (Å²) in [6, 6.07) is 0. The van der Waals surface area contributed by atoms with Gasteiger partial charge < -0.3 is 4.90 Å². The second kappa shape index (κ2) is 5.81. The summed E-state index contributed by atoms with van der Waals surface area (Å²) in [5.74, 6) is 0. The lowest BCUT2D eigenvalue weighted by molar-refractivity contribution is 0.134. The molecule has 0 N–H and O–H groups in total. The third-order valence-corrected chi connectivity index (χ3v) is 2.52. The maximum Gasteiger partial charge on any atom is 0.155 e. The fourth-order valence-corrected chi connectivity index (χ4v) is 1.41. The van der Waals surface area contributed by atoms with E-state index >= 15 is 0 Å². The highest BCUT2D eigenvalue weighted by Gasteiger charge is 2.29. The topological polar surface area (TPSA) is 3.24 Å². The van der Waals surface area contributed by atoms with Crippen LogP contribution in [0.2, 0.25) is 0 Å². The summed E-state index contributed by atoms with van der Waals surface area (Å²) >= 11 is 3.90. The van der Waals surface area contributed by atoms with Crippen molar-refractivity contribution in [3.05, 3.63) is 0 Å². The van der Waals surface area contributed by atoms with E-state index in [0.29, 0.717) is 12.8 Å². The van der Waals surface area contributed by atoms with Gasteiger partial charge >= 0.3 is 0 Å². The van der Waals surface area contributed by atoms with Gasteiger partial charge in [0.15, 0.2) is 5.00 Å². The zero-order valence-electron chi connectivity index (χ0n) is 8.31. The zero-order valence-corrected chi connectivity index (χ0v) is 9.20. The molecule has 0 unspecified atom stereocenters. The van der Waals surface area contributed by atoms with Crippen LogP contribution in [0.25, 0.3) is 0 Å². The Hall–Kier alpha value is 0.240. The molecule has 3 heteroatoms. The normalized spacial score (nSPS) is 22.8. The highest BCUT2D eigenvalue weighted by Crippen LogP contribution is 2.29. The van der Waals surface area contributed by atoms with Crippen molar-refractivity contribution < 1.29 is 4.39 Å². The van der Waals surface area contributed by atoms with E-state index < -0.39 is 5.00 Å². The van der Waals surface area contributed by atoms with Crippen LogP contribution in [0.4, 0.5) is 4.39 Å². The first-order valence-corrected chi connectivity index (χ1v) is 5.22. The van der Waals surface area contributed by atoms with Gasteiger partial charge in [0.05, 0.1) is 0 Å². The van der Waals surface area contributed by atoms with Crippen molar-refractivity contribution in [2.24, 2.45) is 0 Å². The molecule has 0 aromatic heterocycles. The van der Waals surface area contributed by atoms with Crippen molar-refractivity contribution in [3.8, 4) is 0 Å². The van der Waals surface area contributed by atoms with Crippen LogP contribution in [0, 0.1) is 0 Å². The summed E-state index contributed by atoms with van der Waals surface area (Å²) in [7, 11) is 0. The van der Waals surface area contributed by atoms with Gasteiger partial charge in [0.1, 0.15) is 0 Å². The quantitative estimate of drug-likeness (QED) is 0.627. The van der Waals surface area contributed by atoms with Crippen LogP contribution in [-0.4, -0.2) is 29.5 Å². The smallest absolute Gasteiger partial charge is 0.155 e. The molecule has 1 aliphatic heterocycles. The summed E-state index contributed by atoms with van der Waals surface area (Å²) in [6.45, 7) is 8.85. The molecule has 0 atom stereocenters. The number of hydrogen-bond acceptors (Lipinski definition) is 2. The van der Waals surface area contributed by atoms with Crippen molar-refractivity contribution in [2.45, 2.75) is 38.6 Å². The lowest BCUT2D eigenvalue weighted by Crippen LogP contribution is -2.38. The Labute approximate surface area is 80.7 Å². The van der Waals surface area contributed by atoms with E-state index in [1.165, 1.54) is 0 Å². The van der Waals surface area contributed by atoms with Crippen LogP contribution < -0.4 is 0 Å². The van der Waals surface area contributed by atoms with Crippen LogP contribution in [0.1, 0.15) is 33.6 Å². The second-order valence-electron chi connectivity index (χ2n) is 2.85. The number of halogens is 1. The Bertz CT molecular complexity index is 107. The van der Waals surface area contributed by atoms with Gasteiger partial charge in [-0.1, -0.05) is 20.8 Å². The molecule has 12 heavy (non-hydrogen) atoms. The zero-order chi connectivity index (χ0) is 9.61. The molecular weight excluding hydrogens is 173 g/mol. The Balaban J connectivity index is 0.000000561. The van der Waals surface area contributed by atoms with Gasteiger partial charge in [0, 0.05) is 25.9 Å². The number of alkyl halides is 1. The maximum absolute atomic E-state index is 13.0. The molecule has 0 radical (unpaired) electrons. The summed E-state index contributed by atoms with van der Waals surface area (Å²) in [5, 5.41) is -1.19. The van der Waals surface area contributed by atoms with Gasteiger partial charge in [-0.3, -0.25) is 0 Å². The van der Waals surface area contributed by atoms with E-state index in [0.717, 1.165) is 19.6 Å². The van der Waals surface area contributed by atoms with E-state index in [1.54, 1.807) is 0 Å². The first-order chi connectivity index (χ1) is 5.64. The summed E-state index contributed by atoms with van der Waals surface area (Å²) in [5.41, 5.74) is 0. The van der Waals surface area contributed by atoms with Crippen LogP contribution in [0.15, 0.2) is 0 Å². The number of thiol groups is 1. The van der Waals surface area contributed by atoms with Crippen LogP contribution in [0.3, 0.4) is 0 Å². The van der Waals surface area contributed by atoms with E-state index in [2.05, 4.69) is 24.5 Å². The standard InChI is InChI=1S/C7H14FNS.C2H6/c1-2-9-5-3-7(8,10)4-6-9;1-2/h10H,2-6H2,1H3;1-2H3. The first-order valence-electron chi connectivity index (χ1n) is 4.78. The third kappa shape index (κ3) is 4.31. The lowest BCUT2D eigenvalue weighted by Gasteiger charge is -2.32. The van der Waals surface area contributed by atoms with Gasteiger partial charge in [-0.15, -0.1) is 12.6 Å². The van der Waals surface area contributed by atoms with E-state index in [-0.39, 0.29) is 0 Å². The molecule has 0 saturated carbocycles. The number of nitrogens with zero attached hydrogens (tertiary/aromatic N) is 1. The third-order valence-electron chi connectivity index (χ3n) is 2.07. The number of rotatable bonds is 1. The molecule has 1 heterocycles. The van der Waals surface area contributed by atoms with E-state index in [4.69, 9.17) is 0 Å². The van der Waals surface area contributed by atoms with Crippen molar-refractivity contribution in [2.75, 3.05) is 19.6 Å². The summed E-state index contributed by atoms with van der Waals surface area (Å²) in [6.07, 6.45) is 1.15. The number of likely N-dealkylation sites (tertiary alicyclic amines) is 1. The van der Waals surface area contributed by atoms with Gasteiger partial charge in [-0.25, -0.2) is 4.39 Å². The fourth-order valence-electron chi connectivity index (χ4n) is 1.21. The summed E-state index contributed by atoms with van der Waals surface area (Å²) < 4.78 is 13.0. The van der Waals surface area contributed by atoms with Crippen LogP contribution >= 0.6 is 12.6 Å². The number of piperidine rings is 1. The minimum Gasteiger partial charge on any atom is -0.303 e. The van der Waals surface area contributed by atoms with Crippen molar-refractivity contribution in [1.82, 2.24) is 4.90 Å². The average Bonchev–Trinajstić information content (AvgIpc) is 2.08. The maximum atomic E-state index is 13.0. The van der Waals surface area contributed by atoms with Crippen molar-refractivity contribution in [1.29, 1.82) is 0 Å². The molecule has 0 aromatic carbocycles. The van der Waals surface area contributed by atoms with Crippen molar-refractivity contribution >= 4 is 12.6 Å². The highest BCUT2D eigenvalue weighted by molar-refractivity contribution is 7.81. The molecule has 1 aliphatic rings. The highest BCUT2D eigenvalue weighted by atomic mass is 32.1. The second-order valence-corrected chi connectivity index (χ2v) is 3.65. The predicted molar refractivity (Wildman–Crippen MR) is 55.5 cm³/mol. The van der Waals surface area contributed by atoms with Crippen molar-refractivity contribution in [3.63, 3.8) is 0 Å². The van der Waals surface area contributed by atoms with E-state index in [9.17, 15) is 4.39 Å².